The molecule has 162 valence electrons. The Bertz CT molecular complexity index is 942. The summed E-state index contributed by atoms with van der Waals surface area (Å²) in [4.78, 5) is 14.5. The van der Waals surface area contributed by atoms with Gasteiger partial charge in [-0.25, -0.2) is 4.39 Å². The Balaban J connectivity index is 1.38. The van der Waals surface area contributed by atoms with E-state index in [1.165, 1.54) is 23.8 Å². The molecule has 5 nitrogen and oxygen atoms in total. The van der Waals surface area contributed by atoms with Crippen LogP contribution in [0.3, 0.4) is 0 Å². The van der Waals surface area contributed by atoms with Crippen molar-refractivity contribution in [1.29, 1.82) is 5.26 Å². The summed E-state index contributed by atoms with van der Waals surface area (Å²) in [5.41, 5.74) is 2.40. The summed E-state index contributed by atoms with van der Waals surface area (Å²) < 4.78 is 18.3. The van der Waals surface area contributed by atoms with Gasteiger partial charge in [0.15, 0.2) is 0 Å². The average Bonchev–Trinajstić information content (AvgIpc) is 2.80. The van der Waals surface area contributed by atoms with Crippen LogP contribution < -0.4 is 10.1 Å². The Hall–Kier alpha value is -3.17. The van der Waals surface area contributed by atoms with Crippen LogP contribution in [0.15, 0.2) is 48.5 Å². The van der Waals surface area contributed by atoms with Crippen LogP contribution in [0, 0.1) is 23.1 Å². The molecule has 0 saturated carbocycles. The molecule has 0 radical (unpaired) electrons. The monoisotopic (exact) mass is 421 g/mol. The number of methoxy groups -OCH3 is 1. The van der Waals surface area contributed by atoms with Crippen LogP contribution in [0.4, 0.5) is 4.39 Å². The number of piperidine rings is 1. The van der Waals surface area contributed by atoms with Crippen LogP contribution >= 0.6 is 0 Å². The smallest absolute Gasteiger partial charge is 0.244 e. The van der Waals surface area contributed by atoms with Gasteiger partial charge in [0.25, 0.3) is 0 Å². The summed E-state index contributed by atoms with van der Waals surface area (Å²) in [6.45, 7) is 3.42. The summed E-state index contributed by atoms with van der Waals surface area (Å²) in [7, 11) is 1.56. The van der Waals surface area contributed by atoms with Crippen molar-refractivity contribution in [2.45, 2.75) is 19.3 Å². The number of nitriles is 1. The second-order valence-electron chi connectivity index (χ2n) is 7.81. The lowest BCUT2D eigenvalue weighted by Crippen LogP contribution is -2.39. The number of benzene rings is 2. The minimum absolute atomic E-state index is 0.171. The molecule has 1 aliphatic rings. The molecule has 1 N–H and O–H groups in total. The molecule has 2 aromatic rings. The fourth-order valence-electron chi connectivity index (χ4n) is 3.86. The number of halogens is 1. The zero-order chi connectivity index (χ0) is 22.1. The molecule has 0 spiro atoms. The molecule has 0 aliphatic carbocycles. The molecule has 0 atom stereocenters. The number of amides is 1. The van der Waals surface area contributed by atoms with Gasteiger partial charge in [-0.05, 0) is 80.2 Å². The first-order valence-electron chi connectivity index (χ1n) is 10.6. The SMILES string of the molecule is COc1ccc(C#N)cc1/C=C/C(=O)NCCN1CCC(Cc2ccc(F)cc2)CC1. The number of rotatable bonds is 8. The zero-order valence-corrected chi connectivity index (χ0v) is 17.8. The first-order chi connectivity index (χ1) is 15.1. The third-order valence-corrected chi connectivity index (χ3v) is 5.65. The predicted octanol–water partition coefficient (Wildman–Crippen LogP) is 3.79. The lowest BCUT2D eigenvalue weighted by Gasteiger charge is -2.32. The summed E-state index contributed by atoms with van der Waals surface area (Å²) in [5, 5.41) is 11.9. The van der Waals surface area contributed by atoms with Gasteiger partial charge in [0, 0.05) is 24.7 Å². The minimum Gasteiger partial charge on any atom is -0.496 e. The summed E-state index contributed by atoms with van der Waals surface area (Å²) >= 11 is 0. The second-order valence-corrected chi connectivity index (χ2v) is 7.81. The van der Waals surface area contributed by atoms with E-state index in [0.29, 0.717) is 29.3 Å². The van der Waals surface area contributed by atoms with Crippen molar-refractivity contribution in [2.75, 3.05) is 33.3 Å². The molecule has 3 rings (SSSR count). The van der Waals surface area contributed by atoms with E-state index in [4.69, 9.17) is 10.00 Å². The number of carbonyl (C=O) groups is 1. The number of nitrogens with one attached hydrogen (secondary N) is 1. The molecule has 2 aromatic carbocycles. The Kier molecular flexibility index (Phi) is 8.19. The Morgan fingerprint density at radius 1 is 1.26 bits per heavy atom. The van der Waals surface area contributed by atoms with Gasteiger partial charge in [0.2, 0.25) is 5.91 Å². The highest BCUT2D eigenvalue weighted by Crippen LogP contribution is 2.22. The van der Waals surface area contributed by atoms with Crippen molar-refractivity contribution in [2.24, 2.45) is 5.92 Å². The quantitative estimate of drug-likeness (QED) is 0.659. The summed E-state index contributed by atoms with van der Waals surface area (Å²) in [5.74, 6) is 0.880. The average molecular weight is 422 g/mol. The van der Waals surface area contributed by atoms with Crippen molar-refractivity contribution in [3.8, 4) is 11.8 Å². The molecule has 0 aromatic heterocycles. The van der Waals surface area contributed by atoms with E-state index in [9.17, 15) is 9.18 Å². The number of likely N-dealkylation sites (tertiary alicyclic amines) is 1. The number of hydrogen-bond donors (Lipinski definition) is 1. The highest BCUT2D eigenvalue weighted by molar-refractivity contribution is 5.92. The van der Waals surface area contributed by atoms with Crippen molar-refractivity contribution in [3.63, 3.8) is 0 Å². The predicted molar refractivity (Wildman–Crippen MR) is 119 cm³/mol. The maximum Gasteiger partial charge on any atom is 0.244 e. The van der Waals surface area contributed by atoms with Gasteiger partial charge in [-0.3, -0.25) is 4.79 Å². The largest absolute Gasteiger partial charge is 0.496 e. The third kappa shape index (κ3) is 6.94. The van der Waals surface area contributed by atoms with Crippen LogP contribution in [-0.2, 0) is 11.2 Å². The van der Waals surface area contributed by atoms with Gasteiger partial charge in [-0.2, -0.15) is 5.26 Å². The van der Waals surface area contributed by atoms with Crippen LogP contribution in [0.1, 0.15) is 29.5 Å². The standard InChI is InChI=1S/C25H28FN3O2/c1-31-24-8-4-21(18-27)17-22(24)5-9-25(30)28-12-15-29-13-10-20(11-14-29)16-19-2-6-23(26)7-3-19/h2-9,17,20H,10-16H2,1H3,(H,28,30)/b9-5+. The third-order valence-electron chi connectivity index (χ3n) is 5.65. The molecule has 31 heavy (non-hydrogen) atoms. The van der Waals surface area contributed by atoms with Crippen molar-refractivity contribution < 1.29 is 13.9 Å². The van der Waals surface area contributed by atoms with Crippen molar-refractivity contribution >= 4 is 12.0 Å². The van der Waals surface area contributed by atoms with Crippen LogP contribution in [0.25, 0.3) is 6.08 Å². The second kappa shape index (κ2) is 11.3. The molecule has 1 fully saturated rings. The molecule has 1 amide bonds. The maximum absolute atomic E-state index is 13.0. The topological polar surface area (TPSA) is 65.4 Å². The van der Waals surface area contributed by atoms with E-state index in [2.05, 4.69) is 16.3 Å². The van der Waals surface area contributed by atoms with E-state index in [1.54, 1.807) is 31.4 Å². The van der Waals surface area contributed by atoms with E-state index >= 15 is 0 Å². The van der Waals surface area contributed by atoms with Crippen LogP contribution in [0.5, 0.6) is 5.75 Å². The highest BCUT2D eigenvalue weighted by atomic mass is 19.1. The first-order valence-corrected chi connectivity index (χ1v) is 10.6. The van der Waals surface area contributed by atoms with E-state index in [1.807, 2.05) is 12.1 Å². The van der Waals surface area contributed by atoms with E-state index in [0.717, 1.165) is 38.9 Å². The van der Waals surface area contributed by atoms with Crippen molar-refractivity contribution in [3.05, 3.63) is 71.0 Å². The maximum atomic E-state index is 13.0. The van der Waals surface area contributed by atoms with Crippen LogP contribution in [-0.4, -0.2) is 44.1 Å². The number of carbonyl (C=O) groups excluding carboxylic acids is 1. The fraction of sp³-hybridized carbons (Fsp3) is 0.360. The van der Waals surface area contributed by atoms with E-state index in [-0.39, 0.29) is 11.7 Å². The molecule has 1 saturated heterocycles. The number of nitrogens with zero attached hydrogens (tertiary/aromatic N) is 2. The number of ether oxygens (including phenoxy) is 1. The molecular weight excluding hydrogens is 393 g/mol. The Labute approximate surface area is 183 Å². The first kappa shape index (κ1) is 22.5. The Morgan fingerprint density at radius 3 is 2.68 bits per heavy atom. The van der Waals surface area contributed by atoms with Crippen LogP contribution in [0.2, 0.25) is 0 Å². The van der Waals surface area contributed by atoms with Crippen molar-refractivity contribution in [1.82, 2.24) is 10.2 Å². The van der Waals surface area contributed by atoms with Gasteiger partial charge in [0.05, 0.1) is 18.7 Å². The lowest BCUT2D eigenvalue weighted by atomic mass is 9.90. The zero-order valence-electron chi connectivity index (χ0n) is 17.8. The molecule has 1 aliphatic heterocycles. The molecular formula is C25H28FN3O2. The highest BCUT2D eigenvalue weighted by Gasteiger charge is 2.19. The van der Waals surface area contributed by atoms with Gasteiger partial charge in [-0.1, -0.05) is 12.1 Å². The molecule has 0 bridgehead atoms. The number of hydrogen-bond acceptors (Lipinski definition) is 4. The van der Waals surface area contributed by atoms with E-state index < -0.39 is 0 Å². The normalized spacial score (nSPS) is 15.0. The summed E-state index contributed by atoms with van der Waals surface area (Å²) in [6, 6.07) is 14.0. The lowest BCUT2D eigenvalue weighted by molar-refractivity contribution is -0.116. The molecule has 1 heterocycles. The van der Waals surface area contributed by atoms with Gasteiger partial charge < -0.3 is 15.0 Å². The summed E-state index contributed by atoms with van der Waals surface area (Å²) in [6.07, 6.45) is 6.34. The fourth-order valence-corrected chi connectivity index (χ4v) is 3.86. The van der Waals surface area contributed by atoms with Gasteiger partial charge >= 0.3 is 0 Å². The minimum atomic E-state index is -0.190. The van der Waals surface area contributed by atoms with Gasteiger partial charge in [0.1, 0.15) is 11.6 Å². The molecule has 0 unspecified atom stereocenters. The molecule has 6 heteroatoms. The Morgan fingerprint density at radius 2 is 2.00 bits per heavy atom. The van der Waals surface area contributed by atoms with Gasteiger partial charge in [-0.15, -0.1) is 0 Å².